The summed E-state index contributed by atoms with van der Waals surface area (Å²) in [4.78, 5) is 0. The van der Waals surface area contributed by atoms with E-state index in [1.807, 2.05) is 5.57 Å². The molecule has 0 heterocycles. The van der Waals surface area contributed by atoms with Gasteiger partial charge in [-0.3, -0.25) is 0 Å². The second-order valence-corrected chi connectivity index (χ2v) is 15.3. The second-order valence-electron chi connectivity index (χ2n) is 15.3. The minimum Gasteiger partial charge on any atom is -0.393 e. The van der Waals surface area contributed by atoms with Gasteiger partial charge in [0.2, 0.25) is 0 Å². The van der Waals surface area contributed by atoms with Crippen LogP contribution in [0.1, 0.15) is 120 Å². The molecule has 0 aromatic heterocycles. The van der Waals surface area contributed by atoms with Gasteiger partial charge in [-0.15, -0.1) is 0 Å². The first-order chi connectivity index (χ1) is 14.2. The molecule has 0 saturated heterocycles. The van der Waals surface area contributed by atoms with Crippen LogP contribution < -0.4 is 0 Å². The van der Waals surface area contributed by atoms with Crippen LogP contribution in [-0.2, 0) is 0 Å². The van der Waals surface area contributed by atoms with E-state index in [4.69, 9.17) is 0 Å². The Balaban J connectivity index is 1.56. The Labute approximate surface area is 192 Å². The van der Waals surface area contributed by atoms with Crippen molar-refractivity contribution in [3.8, 4) is 0 Å². The number of allylic oxidation sites excluding steroid dienone is 2. The summed E-state index contributed by atoms with van der Waals surface area (Å²) in [6.07, 6.45) is 15.8. The Hall–Kier alpha value is -0.300. The van der Waals surface area contributed by atoms with Crippen molar-refractivity contribution in [1.29, 1.82) is 0 Å². The fourth-order valence-electron chi connectivity index (χ4n) is 10.8. The van der Waals surface area contributed by atoms with Crippen LogP contribution in [0.5, 0.6) is 0 Å². The van der Waals surface area contributed by atoms with Crippen molar-refractivity contribution in [2.24, 2.45) is 50.2 Å². The number of hydrogen-bond donors (Lipinski definition) is 1. The highest BCUT2D eigenvalue weighted by Gasteiger charge is 2.66. The average molecular weight is 427 g/mol. The molecule has 0 unspecified atom stereocenters. The predicted octanol–water partition coefficient (Wildman–Crippen LogP) is 8.17. The van der Waals surface area contributed by atoms with Gasteiger partial charge in [0.1, 0.15) is 0 Å². The Kier molecular flexibility index (Phi) is 4.66. The molecule has 0 aromatic rings. The van der Waals surface area contributed by atoms with Gasteiger partial charge in [-0.1, -0.05) is 67.0 Å². The standard InChI is InChI=1S/C30H50O/c1-25(2)17-18-27(5)13-9-21-29(7)14-10-20-26(3,4)24(31)12-16-28(20,6)22(29)11-15-30(21,8)23(27)19-25/h9,20,22-24,31H,10-19H2,1-8H3/t20-,22+,23-,24-,27-,28-,29-,30+/m0/s1. The minimum absolute atomic E-state index is 0.0575. The lowest BCUT2D eigenvalue weighted by atomic mass is 9.35. The van der Waals surface area contributed by atoms with E-state index in [1.165, 1.54) is 57.8 Å². The lowest BCUT2D eigenvalue weighted by Gasteiger charge is -2.70. The number of hydrogen-bond acceptors (Lipinski definition) is 1. The van der Waals surface area contributed by atoms with Crippen LogP contribution in [0.15, 0.2) is 11.6 Å². The molecule has 5 rings (SSSR count). The number of aliphatic hydroxyl groups is 1. The fourth-order valence-corrected chi connectivity index (χ4v) is 10.8. The maximum atomic E-state index is 10.9. The maximum absolute atomic E-state index is 10.9. The third-order valence-corrected chi connectivity index (χ3v) is 12.7. The number of rotatable bonds is 0. The van der Waals surface area contributed by atoms with Gasteiger partial charge in [0.15, 0.2) is 0 Å². The summed E-state index contributed by atoms with van der Waals surface area (Å²) in [5.74, 6) is 2.29. The molecule has 4 saturated carbocycles. The van der Waals surface area contributed by atoms with Gasteiger partial charge >= 0.3 is 0 Å². The summed E-state index contributed by atoms with van der Waals surface area (Å²) in [7, 11) is 0. The summed E-state index contributed by atoms with van der Waals surface area (Å²) in [6.45, 7) is 20.4. The zero-order chi connectivity index (χ0) is 22.7. The second kappa shape index (κ2) is 6.43. The lowest BCUT2D eigenvalue weighted by molar-refractivity contribution is -0.184. The van der Waals surface area contributed by atoms with E-state index in [2.05, 4.69) is 61.5 Å². The van der Waals surface area contributed by atoms with Gasteiger partial charge in [-0.25, -0.2) is 0 Å². The van der Waals surface area contributed by atoms with Crippen molar-refractivity contribution in [2.45, 2.75) is 126 Å². The molecule has 5 aliphatic rings. The number of fused-ring (bicyclic) bond motifs is 7. The molecule has 0 radical (unpaired) electrons. The van der Waals surface area contributed by atoms with Crippen LogP contribution in [-0.4, -0.2) is 11.2 Å². The van der Waals surface area contributed by atoms with E-state index in [1.54, 1.807) is 0 Å². The molecule has 8 atom stereocenters. The lowest BCUT2D eigenvalue weighted by Crippen LogP contribution is -2.63. The molecule has 0 aliphatic heterocycles. The van der Waals surface area contributed by atoms with Crippen LogP contribution in [0, 0.1) is 50.2 Å². The maximum Gasteiger partial charge on any atom is 0.0594 e. The van der Waals surface area contributed by atoms with E-state index in [9.17, 15) is 5.11 Å². The summed E-state index contributed by atoms with van der Waals surface area (Å²) in [5, 5.41) is 10.9. The topological polar surface area (TPSA) is 20.2 Å². The third-order valence-electron chi connectivity index (χ3n) is 12.7. The fraction of sp³-hybridized carbons (Fsp3) is 0.933. The largest absolute Gasteiger partial charge is 0.393 e. The van der Waals surface area contributed by atoms with Gasteiger partial charge in [0.25, 0.3) is 0 Å². The highest BCUT2D eigenvalue weighted by molar-refractivity contribution is 5.34. The zero-order valence-corrected chi connectivity index (χ0v) is 21.9. The molecule has 0 amide bonds. The van der Waals surface area contributed by atoms with E-state index in [-0.39, 0.29) is 11.5 Å². The summed E-state index contributed by atoms with van der Waals surface area (Å²) in [6, 6.07) is 0. The van der Waals surface area contributed by atoms with Gasteiger partial charge in [0.05, 0.1) is 6.10 Å². The van der Waals surface area contributed by atoms with Crippen LogP contribution in [0.25, 0.3) is 0 Å². The van der Waals surface area contributed by atoms with Crippen molar-refractivity contribution in [3.63, 3.8) is 0 Å². The summed E-state index contributed by atoms with van der Waals surface area (Å²) in [5.41, 5.74) is 4.07. The number of aliphatic hydroxyl groups excluding tert-OH is 1. The van der Waals surface area contributed by atoms with Crippen LogP contribution in [0.2, 0.25) is 0 Å². The van der Waals surface area contributed by atoms with E-state index in [0.29, 0.717) is 33.0 Å². The van der Waals surface area contributed by atoms with Crippen LogP contribution in [0.3, 0.4) is 0 Å². The highest BCUT2D eigenvalue weighted by atomic mass is 16.3. The van der Waals surface area contributed by atoms with Crippen molar-refractivity contribution in [2.75, 3.05) is 0 Å². The molecule has 1 N–H and O–H groups in total. The molecule has 176 valence electrons. The van der Waals surface area contributed by atoms with E-state index in [0.717, 1.165) is 18.3 Å². The molecule has 0 aromatic carbocycles. The SMILES string of the molecule is CC1(C)CC[C@]2(C)CC=C3[C@]4(C)CC[C@H]5C(C)(C)[C@@H](O)CC[C@]5(C)[C@H]4CC[C@@]3(C)[C@H]2C1. The van der Waals surface area contributed by atoms with Crippen LogP contribution in [0.4, 0.5) is 0 Å². The van der Waals surface area contributed by atoms with Gasteiger partial charge in [-0.2, -0.15) is 0 Å². The van der Waals surface area contributed by atoms with Gasteiger partial charge in [0, 0.05) is 0 Å². The van der Waals surface area contributed by atoms with Crippen molar-refractivity contribution in [1.82, 2.24) is 0 Å². The minimum atomic E-state index is -0.122. The summed E-state index contributed by atoms with van der Waals surface area (Å²) >= 11 is 0. The predicted molar refractivity (Wildman–Crippen MR) is 131 cm³/mol. The monoisotopic (exact) mass is 426 g/mol. The molecule has 4 fully saturated rings. The van der Waals surface area contributed by atoms with E-state index < -0.39 is 0 Å². The molecule has 0 bridgehead atoms. The van der Waals surface area contributed by atoms with Crippen LogP contribution >= 0.6 is 0 Å². The molecule has 1 heteroatoms. The molecular weight excluding hydrogens is 376 g/mol. The first-order valence-corrected chi connectivity index (χ1v) is 13.6. The average Bonchev–Trinajstić information content (AvgIpc) is 2.66. The van der Waals surface area contributed by atoms with E-state index >= 15 is 0 Å². The zero-order valence-electron chi connectivity index (χ0n) is 21.9. The molecule has 31 heavy (non-hydrogen) atoms. The van der Waals surface area contributed by atoms with Crippen molar-refractivity contribution < 1.29 is 5.11 Å². The Morgan fingerprint density at radius 1 is 0.710 bits per heavy atom. The Morgan fingerprint density at radius 2 is 1.32 bits per heavy atom. The van der Waals surface area contributed by atoms with Gasteiger partial charge < -0.3 is 5.11 Å². The molecular formula is C30H50O. The van der Waals surface area contributed by atoms with Crippen molar-refractivity contribution >= 4 is 0 Å². The third kappa shape index (κ3) is 2.83. The van der Waals surface area contributed by atoms with Crippen molar-refractivity contribution in [3.05, 3.63) is 11.6 Å². The molecule has 0 spiro atoms. The normalized spacial score (nSPS) is 55.2. The molecule has 1 nitrogen and oxygen atoms in total. The van der Waals surface area contributed by atoms with Gasteiger partial charge in [-0.05, 0) is 114 Å². The highest BCUT2D eigenvalue weighted by Crippen LogP contribution is 2.74. The molecule has 5 aliphatic carbocycles. The Bertz CT molecular complexity index is 790. The summed E-state index contributed by atoms with van der Waals surface area (Å²) < 4.78 is 0. The first-order valence-electron chi connectivity index (χ1n) is 13.6. The quantitative estimate of drug-likeness (QED) is 0.387. The smallest absolute Gasteiger partial charge is 0.0594 e. The Morgan fingerprint density at radius 3 is 2.00 bits per heavy atom. The first kappa shape index (κ1) is 22.5.